The maximum Gasteiger partial charge on any atom is 0.265 e. The molecule has 0 radical (unpaired) electrons. The van der Waals surface area contributed by atoms with Crippen LogP contribution in [0.4, 0.5) is 5.69 Å². The number of hydrogen-bond acceptors (Lipinski definition) is 2. The first kappa shape index (κ1) is 17.9. The van der Waals surface area contributed by atoms with E-state index in [9.17, 15) is 4.79 Å². The highest BCUT2D eigenvalue weighted by molar-refractivity contribution is 6.44. The van der Waals surface area contributed by atoms with Crippen LogP contribution in [0.5, 0.6) is 5.75 Å². The fraction of sp³-hybridized carbons (Fsp3) is 0.235. The van der Waals surface area contributed by atoms with Gasteiger partial charge in [0, 0.05) is 0 Å². The summed E-state index contributed by atoms with van der Waals surface area (Å²) in [7, 11) is 0. The molecule has 0 unspecified atom stereocenters. The summed E-state index contributed by atoms with van der Waals surface area (Å²) in [4.78, 5) is 12.3. The zero-order chi connectivity index (χ0) is 17.1. The van der Waals surface area contributed by atoms with Crippen molar-refractivity contribution in [3.8, 4) is 5.75 Å². The summed E-state index contributed by atoms with van der Waals surface area (Å²) in [5, 5.41) is 3.65. The van der Waals surface area contributed by atoms with E-state index in [-0.39, 0.29) is 5.91 Å². The molecule has 2 rings (SSSR count). The quantitative estimate of drug-likeness (QED) is 0.702. The average Bonchev–Trinajstić information content (AvgIpc) is 2.48. The van der Waals surface area contributed by atoms with Gasteiger partial charge in [-0.15, -0.1) is 0 Å². The third-order valence-corrected chi connectivity index (χ3v) is 4.32. The van der Waals surface area contributed by atoms with Gasteiger partial charge in [-0.25, -0.2) is 0 Å². The first-order valence-electron chi connectivity index (χ1n) is 6.97. The van der Waals surface area contributed by atoms with Crippen molar-refractivity contribution >= 4 is 46.4 Å². The molecule has 122 valence electrons. The number of nitrogens with one attached hydrogen (secondary N) is 1. The third-order valence-electron chi connectivity index (χ3n) is 3.28. The van der Waals surface area contributed by atoms with E-state index in [2.05, 4.69) is 5.32 Å². The Labute approximate surface area is 150 Å². The van der Waals surface area contributed by atoms with E-state index in [1.54, 1.807) is 6.92 Å². The molecule has 3 nitrogen and oxygen atoms in total. The Morgan fingerprint density at radius 3 is 2.39 bits per heavy atom. The average molecular weight is 373 g/mol. The fourth-order valence-electron chi connectivity index (χ4n) is 1.93. The topological polar surface area (TPSA) is 38.3 Å². The summed E-state index contributed by atoms with van der Waals surface area (Å²) in [5.41, 5.74) is 2.41. The van der Waals surface area contributed by atoms with Gasteiger partial charge in [0.25, 0.3) is 5.91 Å². The second-order valence-corrected chi connectivity index (χ2v) is 6.49. The van der Waals surface area contributed by atoms with E-state index < -0.39 is 6.10 Å². The van der Waals surface area contributed by atoms with Crippen LogP contribution in [0, 0.1) is 13.8 Å². The lowest BCUT2D eigenvalue weighted by Gasteiger charge is -2.17. The molecule has 0 aliphatic rings. The van der Waals surface area contributed by atoms with Crippen LogP contribution in [0.25, 0.3) is 0 Å². The van der Waals surface area contributed by atoms with Crippen molar-refractivity contribution in [2.45, 2.75) is 26.9 Å². The molecule has 0 aromatic heterocycles. The molecule has 2 aromatic carbocycles. The Bertz CT molecular complexity index is 747. The number of ether oxygens (including phenoxy) is 1. The second-order valence-electron chi connectivity index (χ2n) is 5.26. The van der Waals surface area contributed by atoms with Crippen LogP contribution in [-0.2, 0) is 4.79 Å². The van der Waals surface area contributed by atoms with Gasteiger partial charge in [0.2, 0.25) is 0 Å². The molecule has 0 aliphatic carbocycles. The summed E-state index contributed by atoms with van der Waals surface area (Å²) in [6, 6.07) is 8.82. The zero-order valence-electron chi connectivity index (χ0n) is 12.9. The second kappa shape index (κ2) is 7.43. The molecule has 6 heteroatoms. The van der Waals surface area contributed by atoms with Crippen molar-refractivity contribution in [2.24, 2.45) is 0 Å². The van der Waals surface area contributed by atoms with E-state index in [1.807, 2.05) is 32.0 Å². The minimum atomic E-state index is -0.693. The molecule has 1 N–H and O–H groups in total. The van der Waals surface area contributed by atoms with Crippen molar-refractivity contribution < 1.29 is 9.53 Å². The van der Waals surface area contributed by atoms with Crippen LogP contribution in [-0.4, -0.2) is 12.0 Å². The molecule has 23 heavy (non-hydrogen) atoms. The monoisotopic (exact) mass is 371 g/mol. The van der Waals surface area contributed by atoms with Crippen molar-refractivity contribution in [3.05, 3.63) is 56.5 Å². The first-order chi connectivity index (χ1) is 10.8. The van der Waals surface area contributed by atoms with Gasteiger partial charge in [-0.3, -0.25) is 4.79 Å². The van der Waals surface area contributed by atoms with Crippen molar-refractivity contribution in [1.82, 2.24) is 0 Å². The molecule has 0 saturated heterocycles. The normalized spacial score (nSPS) is 11.9. The number of benzene rings is 2. The molecule has 0 saturated carbocycles. The molecule has 1 atom stereocenters. The summed E-state index contributed by atoms with van der Waals surface area (Å²) >= 11 is 17.9. The number of halogens is 3. The van der Waals surface area contributed by atoms with Crippen LogP contribution in [0.15, 0.2) is 30.3 Å². The van der Waals surface area contributed by atoms with Gasteiger partial charge >= 0.3 is 0 Å². The number of carbonyl (C=O) groups is 1. The minimum Gasteiger partial charge on any atom is -0.481 e. The summed E-state index contributed by atoms with van der Waals surface area (Å²) in [6.45, 7) is 5.56. The summed E-state index contributed by atoms with van der Waals surface area (Å²) < 4.78 is 5.74. The van der Waals surface area contributed by atoms with Gasteiger partial charge in [0.1, 0.15) is 5.75 Å². The Kier molecular flexibility index (Phi) is 5.79. The Morgan fingerprint density at radius 1 is 1.04 bits per heavy atom. The smallest absolute Gasteiger partial charge is 0.265 e. The lowest BCUT2D eigenvalue weighted by Crippen LogP contribution is -2.30. The molecule has 0 spiro atoms. The molecular formula is C17H16Cl3NO2. The fourth-order valence-corrected chi connectivity index (χ4v) is 2.53. The van der Waals surface area contributed by atoms with E-state index in [0.29, 0.717) is 26.5 Å². The highest BCUT2D eigenvalue weighted by atomic mass is 35.5. The molecule has 0 heterocycles. The summed E-state index contributed by atoms with van der Waals surface area (Å²) in [5.74, 6) is 0.346. The van der Waals surface area contributed by atoms with E-state index in [0.717, 1.165) is 11.1 Å². The molecule has 0 aliphatic heterocycles. The largest absolute Gasteiger partial charge is 0.481 e. The van der Waals surface area contributed by atoms with E-state index in [1.165, 1.54) is 12.1 Å². The predicted octanol–water partition coefficient (Wildman–Crippen LogP) is 5.67. The number of hydrogen-bond donors (Lipinski definition) is 1. The SMILES string of the molecule is Cc1ccc(C)c(O[C@@H](C)C(=O)Nc2cc(Cl)c(Cl)cc2Cl)c1. The third kappa shape index (κ3) is 4.54. The molecule has 2 aromatic rings. The standard InChI is InChI=1S/C17H16Cl3NO2/c1-9-4-5-10(2)16(6-9)23-11(3)17(22)21-15-8-13(19)12(18)7-14(15)20/h4-8,11H,1-3H3,(H,21,22)/t11-/m0/s1. The van der Waals surface area contributed by atoms with Crippen LogP contribution < -0.4 is 10.1 Å². The van der Waals surface area contributed by atoms with Gasteiger partial charge < -0.3 is 10.1 Å². The minimum absolute atomic E-state index is 0.312. The maximum absolute atomic E-state index is 12.3. The van der Waals surface area contributed by atoms with E-state index in [4.69, 9.17) is 39.5 Å². The Balaban J connectivity index is 2.11. The highest BCUT2D eigenvalue weighted by Gasteiger charge is 2.18. The van der Waals surface area contributed by atoms with E-state index >= 15 is 0 Å². The van der Waals surface area contributed by atoms with Crippen molar-refractivity contribution in [3.63, 3.8) is 0 Å². The number of carbonyl (C=O) groups excluding carboxylic acids is 1. The first-order valence-corrected chi connectivity index (χ1v) is 8.10. The number of aryl methyl sites for hydroxylation is 2. The molecule has 1 amide bonds. The van der Waals surface area contributed by atoms with Gasteiger partial charge in [-0.05, 0) is 50.1 Å². The molecular weight excluding hydrogens is 357 g/mol. The number of amides is 1. The van der Waals surface area contributed by atoms with Gasteiger partial charge in [-0.2, -0.15) is 0 Å². The van der Waals surface area contributed by atoms with Gasteiger partial charge in [-0.1, -0.05) is 46.9 Å². The number of rotatable bonds is 4. The van der Waals surface area contributed by atoms with Crippen LogP contribution in [0.2, 0.25) is 15.1 Å². The summed E-state index contributed by atoms with van der Waals surface area (Å²) in [6.07, 6.45) is -0.693. The van der Waals surface area contributed by atoms with Crippen molar-refractivity contribution in [1.29, 1.82) is 0 Å². The Morgan fingerprint density at radius 2 is 1.70 bits per heavy atom. The highest BCUT2D eigenvalue weighted by Crippen LogP contribution is 2.32. The van der Waals surface area contributed by atoms with Crippen molar-refractivity contribution in [2.75, 3.05) is 5.32 Å². The Hall–Kier alpha value is -1.42. The van der Waals surface area contributed by atoms with Crippen LogP contribution in [0.1, 0.15) is 18.1 Å². The lowest BCUT2D eigenvalue weighted by atomic mass is 10.1. The van der Waals surface area contributed by atoms with Crippen LogP contribution in [0.3, 0.4) is 0 Å². The van der Waals surface area contributed by atoms with Crippen LogP contribution >= 0.6 is 34.8 Å². The lowest BCUT2D eigenvalue weighted by molar-refractivity contribution is -0.122. The van der Waals surface area contributed by atoms with Gasteiger partial charge in [0.05, 0.1) is 20.8 Å². The van der Waals surface area contributed by atoms with Gasteiger partial charge in [0.15, 0.2) is 6.10 Å². The number of anilines is 1. The molecule has 0 bridgehead atoms. The maximum atomic E-state index is 12.3. The predicted molar refractivity (Wildman–Crippen MR) is 96.1 cm³/mol. The zero-order valence-corrected chi connectivity index (χ0v) is 15.2. The molecule has 0 fully saturated rings.